The fourth-order valence-electron chi connectivity index (χ4n) is 4.91. The van der Waals surface area contributed by atoms with Crippen LogP contribution in [0.5, 0.6) is 0 Å². The zero-order valence-electron chi connectivity index (χ0n) is 19.7. The van der Waals surface area contributed by atoms with E-state index in [0.29, 0.717) is 30.9 Å². The number of anilines is 1. The molecule has 2 aliphatic heterocycles. The highest BCUT2D eigenvalue weighted by atomic mass is 32.2. The predicted octanol–water partition coefficient (Wildman–Crippen LogP) is 3.72. The number of fused-ring (bicyclic) bond motifs is 1. The van der Waals surface area contributed by atoms with Crippen LogP contribution in [0.4, 0.5) is 5.69 Å². The zero-order valence-corrected chi connectivity index (χ0v) is 20.5. The van der Waals surface area contributed by atoms with Gasteiger partial charge >= 0.3 is 0 Å². The third-order valence-electron chi connectivity index (χ3n) is 6.90. The van der Waals surface area contributed by atoms with Crippen LogP contribution in [-0.2, 0) is 27.6 Å². The molecule has 6 nitrogen and oxygen atoms in total. The molecule has 0 aliphatic carbocycles. The third kappa shape index (κ3) is 4.97. The number of aliphatic hydroxyl groups is 1. The summed E-state index contributed by atoms with van der Waals surface area (Å²) in [7, 11) is -3.76. The summed E-state index contributed by atoms with van der Waals surface area (Å²) in [5.74, 6) is 0. The normalized spacial score (nSPS) is 20.5. The molecule has 1 radical (unpaired) electrons. The number of ether oxygens (including phenoxy) is 1. The van der Waals surface area contributed by atoms with Crippen LogP contribution >= 0.6 is 0 Å². The van der Waals surface area contributed by atoms with Crippen molar-refractivity contribution in [1.29, 1.82) is 0 Å². The molecular formula is C26H35N2O4S. The minimum Gasteiger partial charge on any atom is -0.387 e. The monoisotopic (exact) mass is 471 g/mol. The molecular weight excluding hydrogens is 436 g/mol. The number of benzene rings is 2. The van der Waals surface area contributed by atoms with E-state index in [-0.39, 0.29) is 10.9 Å². The van der Waals surface area contributed by atoms with E-state index < -0.39 is 16.1 Å². The van der Waals surface area contributed by atoms with Crippen molar-refractivity contribution in [2.24, 2.45) is 0 Å². The molecule has 33 heavy (non-hydrogen) atoms. The van der Waals surface area contributed by atoms with E-state index in [0.717, 1.165) is 50.0 Å². The van der Waals surface area contributed by atoms with Crippen LogP contribution in [0.15, 0.2) is 41.3 Å². The van der Waals surface area contributed by atoms with Crippen molar-refractivity contribution in [3.05, 3.63) is 65.6 Å². The fourth-order valence-corrected chi connectivity index (χ4v) is 6.76. The van der Waals surface area contributed by atoms with Gasteiger partial charge in [-0.1, -0.05) is 32.0 Å². The molecule has 1 fully saturated rings. The first-order valence-corrected chi connectivity index (χ1v) is 13.4. The second kappa shape index (κ2) is 10.1. The van der Waals surface area contributed by atoms with E-state index in [4.69, 9.17) is 4.74 Å². The largest absolute Gasteiger partial charge is 0.387 e. The number of rotatable bonds is 7. The van der Waals surface area contributed by atoms with Crippen molar-refractivity contribution in [3.8, 4) is 0 Å². The Balaban J connectivity index is 1.63. The van der Waals surface area contributed by atoms with Gasteiger partial charge in [0.05, 0.1) is 29.9 Å². The van der Waals surface area contributed by atoms with Gasteiger partial charge in [0.25, 0.3) is 10.0 Å². The summed E-state index contributed by atoms with van der Waals surface area (Å²) in [6.07, 6.45) is 2.65. The minimum absolute atomic E-state index is 0.0742. The second-order valence-electron chi connectivity index (χ2n) is 9.01. The number of hydrogen-bond donors (Lipinski definition) is 1. The van der Waals surface area contributed by atoms with E-state index in [1.807, 2.05) is 19.1 Å². The highest BCUT2D eigenvalue weighted by Crippen LogP contribution is 2.37. The summed E-state index contributed by atoms with van der Waals surface area (Å²) in [6, 6.07) is 11.0. The smallest absolute Gasteiger partial charge is 0.264 e. The van der Waals surface area contributed by atoms with Gasteiger partial charge in [0.15, 0.2) is 0 Å². The van der Waals surface area contributed by atoms with Gasteiger partial charge < -0.3 is 9.84 Å². The van der Waals surface area contributed by atoms with Gasteiger partial charge in [-0.05, 0) is 73.1 Å². The average Bonchev–Trinajstić information content (AvgIpc) is 2.83. The first kappa shape index (κ1) is 24.2. The van der Waals surface area contributed by atoms with Crippen LogP contribution < -0.4 is 4.31 Å². The van der Waals surface area contributed by atoms with Gasteiger partial charge in [0.2, 0.25) is 0 Å². The van der Waals surface area contributed by atoms with E-state index in [9.17, 15) is 13.5 Å². The average molecular weight is 472 g/mol. The Bertz CT molecular complexity index is 1080. The Morgan fingerprint density at radius 3 is 2.58 bits per heavy atom. The van der Waals surface area contributed by atoms with Crippen LogP contribution in [0.3, 0.4) is 0 Å². The molecule has 1 N–H and O–H groups in total. The van der Waals surface area contributed by atoms with E-state index in [2.05, 4.69) is 24.8 Å². The molecule has 0 amide bonds. The van der Waals surface area contributed by atoms with Crippen molar-refractivity contribution >= 4 is 15.7 Å². The quantitative estimate of drug-likeness (QED) is 0.667. The second-order valence-corrected chi connectivity index (χ2v) is 10.8. The first-order chi connectivity index (χ1) is 15.8. The summed E-state index contributed by atoms with van der Waals surface area (Å²) in [4.78, 5) is 2.37. The summed E-state index contributed by atoms with van der Waals surface area (Å²) in [5, 5.41) is 10.8. The molecule has 0 spiro atoms. The van der Waals surface area contributed by atoms with Gasteiger partial charge in [-0.3, -0.25) is 9.21 Å². The molecule has 2 aromatic rings. The van der Waals surface area contributed by atoms with Gasteiger partial charge in [0.1, 0.15) is 0 Å². The van der Waals surface area contributed by atoms with Crippen molar-refractivity contribution in [1.82, 2.24) is 4.90 Å². The molecule has 2 aliphatic rings. The minimum atomic E-state index is -3.76. The molecule has 2 atom stereocenters. The maximum absolute atomic E-state index is 13.8. The fraction of sp³-hybridized carbons (Fsp3) is 0.500. The van der Waals surface area contributed by atoms with Gasteiger partial charge in [-0.15, -0.1) is 0 Å². The van der Waals surface area contributed by atoms with Crippen LogP contribution in [0.2, 0.25) is 0 Å². The lowest BCUT2D eigenvalue weighted by atomic mass is 9.94. The number of aliphatic hydroxyl groups excluding tert-OH is 1. The molecule has 2 heterocycles. The molecule has 0 saturated carbocycles. The Morgan fingerprint density at radius 1 is 1.15 bits per heavy atom. The molecule has 7 heteroatoms. The number of sulfonamides is 1. The van der Waals surface area contributed by atoms with Crippen LogP contribution in [-0.4, -0.2) is 57.3 Å². The lowest BCUT2D eigenvalue weighted by molar-refractivity contribution is 0.0142. The van der Waals surface area contributed by atoms with Crippen molar-refractivity contribution in [2.75, 3.05) is 37.2 Å². The number of aryl methyl sites for hydroxylation is 2. The highest BCUT2D eigenvalue weighted by Gasteiger charge is 2.35. The topological polar surface area (TPSA) is 70.1 Å². The van der Waals surface area contributed by atoms with Crippen molar-refractivity contribution in [3.63, 3.8) is 0 Å². The zero-order chi connectivity index (χ0) is 23.6. The molecule has 2 aromatic carbocycles. The molecule has 1 saturated heterocycles. The number of hydrogen-bond acceptors (Lipinski definition) is 5. The number of nitrogens with zero attached hydrogens (tertiary/aromatic N) is 2. The summed E-state index contributed by atoms with van der Waals surface area (Å²) < 4.78 is 34.7. The van der Waals surface area contributed by atoms with Gasteiger partial charge in [-0.25, -0.2) is 8.42 Å². The maximum atomic E-state index is 13.8. The predicted molar refractivity (Wildman–Crippen MR) is 131 cm³/mol. The van der Waals surface area contributed by atoms with Crippen LogP contribution in [0, 0.1) is 6.92 Å². The SMILES string of the molecule is [CH2]c1cc(S(=O)(=O)N2c3ccc(CC)cc3CCC2CC)ccc1C(O)CN1CCOCC1. The maximum Gasteiger partial charge on any atom is 0.264 e. The van der Waals surface area contributed by atoms with Crippen LogP contribution in [0.25, 0.3) is 0 Å². The van der Waals surface area contributed by atoms with E-state index in [1.54, 1.807) is 22.5 Å². The third-order valence-corrected chi connectivity index (χ3v) is 8.77. The summed E-state index contributed by atoms with van der Waals surface area (Å²) in [6.45, 7) is 11.6. The van der Waals surface area contributed by atoms with Gasteiger partial charge in [0, 0.05) is 25.7 Å². The van der Waals surface area contributed by atoms with E-state index in [1.165, 1.54) is 5.56 Å². The summed E-state index contributed by atoms with van der Waals surface area (Å²) in [5.41, 5.74) is 4.31. The Kier molecular flexibility index (Phi) is 7.43. The Hall–Kier alpha value is -1.93. The number of morpholine rings is 1. The van der Waals surface area contributed by atoms with Crippen molar-refractivity contribution < 1.29 is 18.3 Å². The molecule has 0 aromatic heterocycles. The van der Waals surface area contributed by atoms with E-state index >= 15 is 0 Å². The lowest BCUT2D eigenvalue weighted by Gasteiger charge is -2.38. The summed E-state index contributed by atoms with van der Waals surface area (Å²) >= 11 is 0. The number of β-amino-alcohol motifs (C(OH)–C–C–N with tert-alkyl or cyclic N) is 1. The first-order valence-electron chi connectivity index (χ1n) is 12.0. The molecule has 0 bridgehead atoms. The highest BCUT2D eigenvalue weighted by molar-refractivity contribution is 7.92. The molecule has 2 unspecified atom stereocenters. The molecule has 179 valence electrons. The standard InChI is InChI=1S/C26H35N2O4S/c1-4-20-6-11-25-21(17-20)7-8-22(5-2)28(25)33(30,31)23-9-10-24(19(3)16-23)26(29)18-27-12-14-32-15-13-27/h6,9-11,16-17,22,26,29H,3-5,7-8,12-15,18H2,1-2H3. The molecule has 4 rings (SSSR count). The van der Waals surface area contributed by atoms with Gasteiger partial charge in [-0.2, -0.15) is 0 Å². The van der Waals surface area contributed by atoms with Crippen molar-refractivity contribution in [2.45, 2.75) is 56.6 Å². The van der Waals surface area contributed by atoms with Crippen LogP contribution in [0.1, 0.15) is 55.0 Å². The Labute approximate surface area is 198 Å². The Morgan fingerprint density at radius 2 is 1.91 bits per heavy atom. The lowest BCUT2D eigenvalue weighted by Crippen LogP contribution is -2.43.